The zero-order valence-electron chi connectivity index (χ0n) is 8.64. The summed E-state index contributed by atoms with van der Waals surface area (Å²) < 4.78 is 5.07. The maximum Gasteiger partial charge on any atom is 0.258 e. The molecule has 2 rings (SSSR count). The fraction of sp³-hybridized carbons (Fsp3) is 0.273. The van der Waals surface area contributed by atoms with Gasteiger partial charge in [0.15, 0.2) is 5.82 Å². The summed E-state index contributed by atoms with van der Waals surface area (Å²) in [4.78, 5) is 4.11. The predicted molar refractivity (Wildman–Crippen MR) is 55.1 cm³/mol. The van der Waals surface area contributed by atoms with E-state index < -0.39 is 6.10 Å². The van der Waals surface area contributed by atoms with E-state index in [0.29, 0.717) is 11.7 Å². The van der Waals surface area contributed by atoms with Crippen LogP contribution in [0.4, 0.5) is 0 Å². The number of nitrogens with zero attached hydrogens (tertiary/aromatic N) is 2. The van der Waals surface area contributed by atoms with Crippen LogP contribution in [-0.4, -0.2) is 15.2 Å². The normalized spacial score (nSPS) is 12.7. The van der Waals surface area contributed by atoms with Crippen molar-refractivity contribution in [2.75, 3.05) is 0 Å². The van der Waals surface area contributed by atoms with Crippen molar-refractivity contribution in [3.63, 3.8) is 0 Å². The van der Waals surface area contributed by atoms with Crippen LogP contribution in [0.5, 0.6) is 0 Å². The zero-order valence-corrected chi connectivity index (χ0v) is 8.64. The van der Waals surface area contributed by atoms with Crippen molar-refractivity contribution in [2.45, 2.75) is 20.0 Å². The van der Waals surface area contributed by atoms with Gasteiger partial charge in [-0.05, 0) is 25.5 Å². The third-order valence-electron chi connectivity index (χ3n) is 2.19. The molecule has 0 aliphatic carbocycles. The monoisotopic (exact) mass is 204 g/mol. The van der Waals surface area contributed by atoms with Gasteiger partial charge in [0.25, 0.3) is 5.89 Å². The lowest BCUT2D eigenvalue weighted by Gasteiger charge is -1.98. The SMILES string of the molecule is Cc1ccccc1-c1nc(C(C)O)no1. The molecule has 1 aromatic carbocycles. The standard InChI is InChI=1S/C11H12N2O2/c1-7-5-3-4-6-9(7)11-12-10(8(2)14)13-15-11/h3-6,8,14H,1-2H3. The molecule has 4 heteroatoms. The molecule has 0 fully saturated rings. The molecule has 1 unspecified atom stereocenters. The van der Waals surface area contributed by atoms with Gasteiger partial charge in [-0.1, -0.05) is 23.4 Å². The number of aliphatic hydroxyl groups excluding tert-OH is 1. The Morgan fingerprint density at radius 3 is 2.67 bits per heavy atom. The van der Waals surface area contributed by atoms with E-state index in [0.717, 1.165) is 11.1 Å². The van der Waals surface area contributed by atoms with Gasteiger partial charge < -0.3 is 9.63 Å². The van der Waals surface area contributed by atoms with E-state index in [1.54, 1.807) is 6.92 Å². The molecule has 2 aromatic rings. The molecule has 0 saturated heterocycles. The molecule has 1 aromatic heterocycles. The largest absolute Gasteiger partial charge is 0.385 e. The van der Waals surface area contributed by atoms with Crippen LogP contribution in [0.2, 0.25) is 0 Å². The quantitative estimate of drug-likeness (QED) is 0.813. The molecule has 1 heterocycles. The summed E-state index contributed by atoms with van der Waals surface area (Å²) in [6.45, 7) is 3.58. The van der Waals surface area contributed by atoms with Gasteiger partial charge in [-0.15, -0.1) is 0 Å². The minimum absolute atomic E-state index is 0.313. The van der Waals surface area contributed by atoms with E-state index in [2.05, 4.69) is 10.1 Å². The van der Waals surface area contributed by atoms with E-state index in [1.807, 2.05) is 31.2 Å². The van der Waals surface area contributed by atoms with E-state index in [9.17, 15) is 5.11 Å². The van der Waals surface area contributed by atoms with Gasteiger partial charge in [0.1, 0.15) is 6.10 Å². The van der Waals surface area contributed by atoms with E-state index >= 15 is 0 Å². The Balaban J connectivity index is 2.42. The van der Waals surface area contributed by atoms with Gasteiger partial charge in [-0.25, -0.2) is 0 Å². The second-order valence-corrected chi connectivity index (χ2v) is 3.45. The molecule has 1 N–H and O–H groups in total. The topological polar surface area (TPSA) is 59.2 Å². The van der Waals surface area contributed by atoms with Gasteiger partial charge in [-0.2, -0.15) is 4.98 Å². The van der Waals surface area contributed by atoms with Gasteiger partial charge in [-0.3, -0.25) is 0 Å². The summed E-state index contributed by atoms with van der Waals surface area (Å²) in [7, 11) is 0. The molecule has 4 nitrogen and oxygen atoms in total. The average Bonchev–Trinajstić information content (AvgIpc) is 2.67. The maximum absolute atomic E-state index is 9.27. The summed E-state index contributed by atoms with van der Waals surface area (Å²) in [5.74, 6) is 0.761. The molecule has 0 spiro atoms. The summed E-state index contributed by atoms with van der Waals surface area (Å²) in [6, 6.07) is 7.75. The van der Waals surface area contributed by atoms with E-state index in [-0.39, 0.29) is 0 Å². The fourth-order valence-corrected chi connectivity index (χ4v) is 1.33. The van der Waals surface area contributed by atoms with Crippen LogP contribution in [0, 0.1) is 6.92 Å². The highest BCUT2D eigenvalue weighted by Crippen LogP contribution is 2.22. The summed E-state index contributed by atoms with van der Waals surface area (Å²) >= 11 is 0. The number of aliphatic hydroxyl groups is 1. The number of hydrogen-bond acceptors (Lipinski definition) is 4. The highest BCUT2D eigenvalue weighted by Gasteiger charge is 2.13. The van der Waals surface area contributed by atoms with Crippen LogP contribution in [0.3, 0.4) is 0 Å². The Hall–Kier alpha value is -1.68. The average molecular weight is 204 g/mol. The van der Waals surface area contributed by atoms with Crippen LogP contribution in [0.25, 0.3) is 11.5 Å². The van der Waals surface area contributed by atoms with Gasteiger partial charge in [0, 0.05) is 5.56 Å². The minimum atomic E-state index is -0.702. The number of aromatic nitrogens is 2. The molecular formula is C11H12N2O2. The number of aryl methyl sites for hydroxylation is 1. The number of benzene rings is 1. The smallest absolute Gasteiger partial charge is 0.258 e. The molecule has 15 heavy (non-hydrogen) atoms. The first-order valence-electron chi connectivity index (χ1n) is 4.76. The molecule has 0 amide bonds. The summed E-state index contributed by atoms with van der Waals surface area (Å²) in [6.07, 6.45) is -0.702. The van der Waals surface area contributed by atoms with E-state index in [1.165, 1.54) is 0 Å². The first kappa shape index (κ1) is 9.86. The van der Waals surface area contributed by atoms with Gasteiger partial charge in [0.05, 0.1) is 0 Å². The van der Waals surface area contributed by atoms with Crippen LogP contribution >= 0.6 is 0 Å². The van der Waals surface area contributed by atoms with Crippen molar-refractivity contribution in [2.24, 2.45) is 0 Å². The second kappa shape index (κ2) is 3.82. The van der Waals surface area contributed by atoms with Crippen LogP contribution < -0.4 is 0 Å². The highest BCUT2D eigenvalue weighted by molar-refractivity contribution is 5.57. The fourth-order valence-electron chi connectivity index (χ4n) is 1.33. The van der Waals surface area contributed by atoms with Crippen molar-refractivity contribution < 1.29 is 9.63 Å². The summed E-state index contributed by atoms with van der Waals surface area (Å²) in [5, 5.41) is 13.0. The van der Waals surface area contributed by atoms with Crippen molar-refractivity contribution in [3.8, 4) is 11.5 Å². The lowest BCUT2D eigenvalue weighted by atomic mass is 10.1. The van der Waals surface area contributed by atoms with Crippen LogP contribution in [0.15, 0.2) is 28.8 Å². The Kier molecular flexibility index (Phi) is 2.51. The van der Waals surface area contributed by atoms with Crippen molar-refractivity contribution >= 4 is 0 Å². The van der Waals surface area contributed by atoms with Crippen LogP contribution in [-0.2, 0) is 0 Å². The van der Waals surface area contributed by atoms with Crippen LogP contribution in [0.1, 0.15) is 24.4 Å². The second-order valence-electron chi connectivity index (χ2n) is 3.45. The first-order valence-corrected chi connectivity index (χ1v) is 4.76. The van der Waals surface area contributed by atoms with E-state index in [4.69, 9.17) is 4.52 Å². The third-order valence-corrected chi connectivity index (χ3v) is 2.19. The molecule has 0 aliphatic rings. The first-order chi connectivity index (χ1) is 7.18. The predicted octanol–water partition coefficient (Wildman–Crippen LogP) is 2.10. The van der Waals surface area contributed by atoms with Crippen molar-refractivity contribution in [1.29, 1.82) is 0 Å². The maximum atomic E-state index is 9.27. The van der Waals surface area contributed by atoms with Crippen molar-refractivity contribution in [3.05, 3.63) is 35.7 Å². The minimum Gasteiger partial charge on any atom is -0.385 e. The Labute approximate surface area is 87.6 Å². The van der Waals surface area contributed by atoms with Crippen molar-refractivity contribution in [1.82, 2.24) is 10.1 Å². The molecule has 0 bridgehead atoms. The molecule has 0 saturated carbocycles. The number of rotatable bonds is 2. The van der Waals surface area contributed by atoms with Gasteiger partial charge >= 0.3 is 0 Å². The molecular weight excluding hydrogens is 192 g/mol. The molecule has 0 radical (unpaired) electrons. The zero-order chi connectivity index (χ0) is 10.8. The Morgan fingerprint density at radius 1 is 1.33 bits per heavy atom. The molecule has 0 aliphatic heterocycles. The lowest BCUT2D eigenvalue weighted by Crippen LogP contribution is -1.93. The summed E-state index contributed by atoms with van der Waals surface area (Å²) in [5.41, 5.74) is 1.97. The highest BCUT2D eigenvalue weighted by atomic mass is 16.5. The Bertz CT molecular complexity index is 463. The lowest BCUT2D eigenvalue weighted by molar-refractivity contribution is 0.184. The third kappa shape index (κ3) is 1.89. The molecule has 1 atom stereocenters. The van der Waals surface area contributed by atoms with Gasteiger partial charge in [0.2, 0.25) is 0 Å². The Morgan fingerprint density at radius 2 is 2.07 bits per heavy atom. The molecule has 78 valence electrons. The number of hydrogen-bond donors (Lipinski definition) is 1.